The van der Waals surface area contributed by atoms with Gasteiger partial charge in [-0.05, 0) is 30.3 Å². The quantitative estimate of drug-likeness (QED) is 0.261. The lowest BCUT2D eigenvalue weighted by Gasteiger charge is -2.09. The summed E-state index contributed by atoms with van der Waals surface area (Å²) in [5, 5.41) is 12.3. The Morgan fingerprint density at radius 1 is 1.19 bits per heavy atom. The molecule has 1 N–H and O–H groups in total. The summed E-state index contributed by atoms with van der Waals surface area (Å²) in [5.74, 6) is 1.86. The molecule has 0 spiro atoms. The van der Waals surface area contributed by atoms with E-state index in [1.807, 2.05) is 66.1 Å². The number of hydrogen-bond acceptors (Lipinski definition) is 7. The number of thioether (sulfide) groups is 2. The van der Waals surface area contributed by atoms with Crippen molar-refractivity contribution in [2.45, 2.75) is 22.8 Å². The Labute approximate surface area is 193 Å². The Morgan fingerprint density at radius 2 is 2.03 bits per heavy atom. The molecule has 2 aromatic carbocycles. The van der Waals surface area contributed by atoms with Crippen molar-refractivity contribution >= 4 is 56.7 Å². The normalized spacial score (nSPS) is 11.0. The highest BCUT2D eigenvalue weighted by molar-refractivity contribution is 8.01. The highest BCUT2D eigenvalue weighted by Gasteiger charge is 2.15. The van der Waals surface area contributed by atoms with Crippen molar-refractivity contribution in [3.8, 4) is 5.69 Å². The van der Waals surface area contributed by atoms with Crippen LogP contribution in [-0.2, 0) is 11.2 Å². The molecule has 0 aliphatic rings. The molecule has 0 bridgehead atoms. The van der Waals surface area contributed by atoms with Crippen LogP contribution in [0.3, 0.4) is 0 Å². The summed E-state index contributed by atoms with van der Waals surface area (Å²) in [4.78, 5) is 17.2. The van der Waals surface area contributed by atoms with Gasteiger partial charge in [0.15, 0.2) is 9.50 Å². The van der Waals surface area contributed by atoms with Gasteiger partial charge >= 0.3 is 0 Å². The molecule has 0 saturated carbocycles. The average molecular weight is 468 g/mol. The molecule has 0 saturated heterocycles. The molecule has 0 aliphatic carbocycles. The van der Waals surface area contributed by atoms with Crippen LogP contribution >= 0.6 is 34.9 Å². The van der Waals surface area contributed by atoms with Crippen LogP contribution in [0.25, 0.3) is 15.9 Å². The molecule has 1 amide bonds. The smallest absolute Gasteiger partial charge is 0.234 e. The van der Waals surface area contributed by atoms with Crippen LogP contribution in [-0.4, -0.2) is 37.2 Å². The van der Waals surface area contributed by atoms with Gasteiger partial charge in [-0.2, -0.15) is 0 Å². The fraction of sp³-hybridized carbons (Fsp3) is 0.182. The van der Waals surface area contributed by atoms with Gasteiger partial charge in [0.1, 0.15) is 5.82 Å². The average Bonchev–Trinajstić information content (AvgIpc) is 3.39. The molecule has 2 heterocycles. The molecule has 158 valence electrons. The van der Waals surface area contributed by atoms with Crippen molar-refractivity contribution in [3.63, 3.8) is 0 Å². The molecule has 4 rings (SSSR count). The number of carbonyl (C=O) groups is 1. The highest BCUT2D eigenvalue weighted by Crippen LogP contribution is 2.31. The minimum Gasteiger partial charge on any atom is -0.325 e. The number of fused-ring (bicyclic) bond motifs is 1. The number of thiazole rings is 1. The minimum absolute atomic E-state index is 0.0872. The molecular weight excluding hydrogens is 446 g/mol. The zero-order valence-electron chi connectivity index (χ0n) is 16.9. The Kier molecular flexibility index (Phi) is 7.06. The second kappa shape index (κ2) is 10.1. The predicted octanol–water partition coefficient (Wildman–Crippen LogP) is 5.45. The number of nitrogens with zero attached hydrogens (tertiary/aromatic N) is 4. The van der Waals surface area contributed by atoms with Crippen molar-refractivity contribution in [1.29, 1.82) is 0 Å². The molecule has 0 aliphatic heterocycles. The maximum absolute atomic E-state index is 12.6. The van der Waals surface area contributed by atoms with E-state index in [0.29, 0.717) is 5.16 Å². The van der Waals surface area contributed by atoms with Gasteiger partial charge in [-0.15, -0.1) is 28.1 Å². The van der Waals surface area contributed by atoms with Gasteiger partial charge in [0.05, 0.1) is 16.0 Å². The first-order valence-electron chi connectivity index (χ1n) is 9.74. The van der Waals surface area contributed by atoms with E-state index in [1.54, 1.807) is 23.1 Å². The first-order chi connectivity index (χ1) is 15.2. The summed E-state index contributed by atoms with van der Waals surface area (Å²) in [5.41, 5.74) is 2.70. The number of aromatic nitrogens is 4. The van der Waals surface area contributed by atoms with Gasteiger partial charge in [0.2, 0.25) is 5.91 Å². The van der Waals surface area contributed by atoms with E-state index in [-0.39, 0.29) is 11.7 Å². The number of anilines is 1. The van der Waals surface area contributed by atoms with Gasteiger partial charge in [-0.25, -0.2) is 4.98 Å². The van der Waals surface area contributed by atoms with Gasteiger partial charge < -0.3 is 5.32 Å². The molecule has 2 aromatic heterocycles. The second-order valence-electron chi connectivity index (χ2n) is 6.52. The lowest BCUT2D eigenvalue weighted by Crippen LogP contribution is -2.14. The molecule has 0 radical (unpaired) electrons. The summed E-state index contributed by atoms with van der Waals surface area (Å²) in [6.07, 6.45) is 2.62. The van der Waals surface area contributed by atoms with Gasteiger partial charge in [-0.3, -0.25) is 9.36 Å². The second-order valence-corrected chi connectivity index (χ2v) is 9.76. The van der Waals surface area contributed by atoms with Crippen LogP contribution in [0.15, 0.2) is 70.7 Å². The van der Waals surface area contributed by atoms with Crippen LogP contribution in [0.4, 0.5) is 5.69 Å². The Hall–Kier alpha value is -2.62. The third kappa shape index (κ3) is 5.17. The number of aryl methyl sites for hydroxylation is 1. The Bertz CT molecular complexity index is 1200. The van der Waals surface area contributed by atoms with E-state index in [2.05, 4.69) is 27.1 Å². The van der Waals surface area contributed by atoms with Crippen LogP contribution in [0.1, 0.15) is 12.7 Å². The molecule has 0 unspecified atom stereocenters. The summed E-state index contributed by atoms with van der Waals surface area (Å²) >= 11 is 4.65. The van der Waals surface area contributed by atoms with E-state index >= 15 is 0 Å². The third-order valence-electron chi connectivity index (χ3n) is 4.34. The number of nitrogens with one attached hydrogen (secondary N) is 1. The van der Waals surface area contributed by atoms with Gasteiger partial charge in [0, 0.05) is 23.5 Å². The number of benzene rings is 2. The molecule has 0 fully saturated rings. The summed E-state index contributed by atoms with van der Waals surface area (Å²) in [7, 11) is 0. The molecule has 9 heteroatoms. The largest absolute Gasteiger partial charge is 0.325 e. The van der Waals surface area contributed by atoms with Gasteiger partial charge in [0.25, 0.3) is 0 Å². The summed E-state index contributed by atoms with van der Waals surface area (Å²) in [6, 6.07) is 15.7. The predicted molar refractivity (Wildman–Crippen MR) is 131 cm³/mol. The van der Waals surface area contributed by atoms with Crippen molar-refractivity contribution in [2.24, 2.45) is 0 Å². The monoisotopic (exact) mass is 467 g/mol. The molecule has 0 atom stereocenters. The fourth-order valence-electron chi connectivity index (χ4n) is 2.96. The summed E-state index contributed by atoms with van der Waals surface area (Å²) < 4.78 is 4.05. The summed E-state index contributed by atoms with van der Waals surface area (Å²) in [6.45, 7) is 5.78. The van der Waals surface area contributed by atoms with Gasteiger partial charge in [-0.1, -0.05) is 54.7 Å². The van der Waals surface area contributed by atoms with E-state index in [4.69, 9.17) is 0 Å². The fourth-order valence-corrected chi connectivity index (χ4v) is 5.60. The van der Waals surface area contributed by atoms with Crippen LogP contribution in [0, 0.1) is 0 Å². The zero-order valence-corrected chi connectivity index (χ0v) is 19.4. The minimum atomic E-state index is -0.0872. The number of hydrogen-bond donors (Lipinski definition) is 1. The SMILES string of the molecule is C=CCSc1nc2ccc(NC(=O)CSc3nnc(CC)n3-c3ccccc3)cc2s1. The number of rotatable bonds is 9. The van der Waals surface area contributed by atoms with E-state index < -0.39 is 0 Å². The first-order valence-corrected chi connectivity index (χ1v) is 12.5. The van der Waals surface area contributed by atoms with Crippen molar-refractivity contribution in [3.05, 3.63) is 67.0 Å². The Balaban J connectivity index is 1.43. The Morgan fingerprint density at radius 3 is 2.81 bits per heavy atom. The lowest BCUT2D eigenvalue weighted by atomic mass is 10.3. The van der Waals surface area contributed by atoms with Crippen molar-refractivity contribution in [1.82, 2.24) is 19.7 Å². The van der Waals surface area contributed by atoms with Crippen molar-refractivity contribution < 1.29 is 4.79 Å². The lowest BCUT2D eigenvalue weighted by molar-refractivity contribution is -0.113. The molecular formula is C22H21N5OS3. The highest BCUT2D eigenvalue weighted by atomic mass is 32.2. The number of para-hydroxylation sites is 1. The van der Waals surface area contributed by atoms with E-state index in [9.17, 15) is 4.79 Å². The maximum atomic E-state index is 12.6. The van der Waals surface area contributed by atoms with Crippen LogP contribution in [0.5, 0.6) is 0 Å². The number of carbonyl (C=O) groups excluding carboxylic acids is 1. The number of amides is 1. The standard InChI is InChI=1S/C22H21N5OS3/c1-3-12-29-22-24-17-11-10-15(13-18(17)31-22)23-20(28)14-30-21-26-25-19(4-2)27(21)16-8-6-5-7-9-16/h3,5-11,13H,1,4,12,14H2,2H3,(H,23,28). The van der Waals surface area contributed by atoms with Crippen LogP contribution < -0.4 is 5.32 Å². The van der Waals surface area contributed by atoms with Crippen molar-refractivity contribution in [2.75, 3.05) is 16.8 Å². The first kappa shape index (κ1) is 21.6. The topological polar surface area (TPSA) is 72.7 Å². The zero-order chi connectivity index (χ0) is 21.6. The van der Waals surface area contributed by atoms with E-state index in [0.717, 1.165) is 43.9 Å². The third-order valence-corrected chi connectivity index (χ3v) is 7.43. The van der Waals surface area contributed by atoms with E-state index in [1.165, 1.54) is 11.8 Å². The maximum Gasteiger partial charge on any atom is 0.234 e. The van der Waals surface area contributed by atoms with Crippen LogP contribution in [0.2, 0.25) is 0 Å². The molecule has 31 heavy (non-hydrogen) atoms. The molecule has 6 nitrogen and oxygen atoms in total. The molecule has 4 aromatic rings.